The molecule has 1 aliphatic carbocycles. The first-order valence-electron chi connectivity index (χ1n) is 7.49. The Morgan fingerprint density at radius 1 is 1.37 bits per heavy atom. The predicted molar refractivity (Wildman–Crippen MR) is 77.1 cm³/mol. The number of nitrogens with zero attached hydrogens (tertiary/aromatic N) is 2. The maximum atomic E-state index is 11.7. The zero-order valence-electron chi connectivity index (χ0n) is 12.3. The Bertz CT molecular complexity index is 355. The van der Waals surface area contributed by atoms with Crippen LogP contribution >= 0.6 is 0 Å². The zero-order chi connectivity index (χ0) is 13.8. The van der Waals surface area contributed by atoms with E-state index < -0.39 is 0 Å². The van der Waals surface area contributed by atoms with Crippen LogP contribution in [0.1, 0.15) is 40.0 Å². The Kier molecular flexibility index (Phi) is 4.66. The number of nitrogens with one attached hydrogen (secondary N) is 2. The van der Waals surface area contributed by atoms with Crippen molar-refractivity contribution in [2.75, 3.05) is 19.6 Å². The number of rotatable bonds is 4. The van der Waals surface area contributed by atoms with Crippen molar-refractivity contribution in [3.05, 3.63) is 0 Å². The minimum absolute atomic E-state index is 0.252. The molecule has 5 nitrogen and oxygen atoms in total. The van der Waals surface area contributed by atoms with E-state index in [9.17, 15) is 4.79 Å². The number of hydrogen-bond donors (Lipinski definition) is 2. The van der Waals surface area contributed by atoms with E-state index in [0.717, 1.165) is 37.9 Å². The zero-order valence-corrected chi connectivity index (χ0v) is 12.3. The van der Waals surface area contributed by atoms with Gasteiger partial charge >= 0.3 is 0 Å². The van der Waals surface area contributed by atoms with Gasteiger partial charge in [-0.25, -0.2) is 0 Å². The van der Waals surface area contributed by atoms with Gasteiger partial charge in [0.25, 0.3) is 0 Å². The summed E-state index contributed by atoms with van der Waals surface area (Å²) in [6, 6.07) is 0.912. The molecule has 2 rings (SSSR count). The Hall–Kier alpha value is -1.26. The maximum absolute atomic E-state index is 11.7. The third kappa shape index (κ3) is 3.85. The molecule has 108 valence electrons. The van der Waals surface area contributed by atoms with Crippen LogP contribution in [0.15, 0.2) is 4.99 Å². The molecular weight excluding hydrogens is 240 g/mol. The van der Waals surface area contributed by atoms with Gasteiger partial charge in [-0.3, -0.25) is 9.79 Å². The van der Waals surface area contributed by atoms with Crippen molar-refractivity contribution >= 4 is 11.9 Å². The molecule has 2 N–H and O–H groups in total. The van der Waals surface area contributed by atoms with Crippen molar-refractivity contribution < 1.29 is 4.79 Å². The molecule has 3 atom stereocenters. The Morgan fingerprint density at radius 3 is 2.68 bits per heavy atom. The van der Waals surface area contributed by atoms with Crippen molar-refractivity contribution in [3.8, 4) is 0 Å². The second-order valence-electron chi connectivity index (χ2n) is 5.61. The number of amides is 1. The van der Waals surface area contributed by atoms with E-state index in [-0.39, 0.29) is 5.91 Å². The minimum Gasteiger partial charge on any atom is -0.353 e. The monoisotopic (exact) mass is 266 g/mol. The number of hydrogen-bond acceptors (Lipinski definition) is 2. The van der Waals surface area contributed by atoms with Gasteiger partial charge in [0.15, 0.2) is 5.96 Å². The fourth-order valence-corrected chi connectivity index (χ4v) is 2.51. The van der Waals surface area contributed by atoms with Crippen LogP contribution in [0.25, 0.3) is 0 Å². The molecule has 1 saturated heterocycles. The largest absolute Gasteiger partial charge is 0.353 e. The van der Waals surface area contributed by atoms with Crippen LogP contribution in [0.2, 0.25) is 0 Å². The molecule has 1 heterocycles. The van der Waals surface area contributed by atoms with Crippen LogP contribution in [-0.4, -0.2) is 48.5 Å². The minimum atomic E-state index is 0.252. The molecule has 0 aromatic carbocycles. The van der Waals surface area contributed by atoms with Crippen LogP contribution in [0.4, 0.5) is 0 Å². The second-order valence-corrected chi connectivity index (χ2v) is 5.61. The highest BCUT2D eigenvalue weighted by Crippen LogP contribution is 2.28. The second kappa shape index (κ2) is 6.26. The third-order valence-electron chi connectivity index (χ3n) is 3.93. The molecule has 0 aromatic heterocycles. The summed E-state index contributed by atoms with van der Waals surface area (Å²) in [6.45, 7) is 8.66. The average molecular weight is 266 g/mol. The van der Waals surface area contributed by atoms with Gasteiger partial charge in [0.05, 0.1) is 0 Å². The summed E-state index contributed by atoms with van der Waals surface area (Å²) in [5.74, 6) is 1.92. The lowest BCUT2D eigenvalue weighted by molar-refractivity contribution is -0.129. The fraction of sp³-hybridized carbons (Fsp3) is 0.857. The molecule has 0 aromatic rings. The van der Waals surface area contributed by atoms with Gasteiger partial charge in [-0.15, -0.1) is 0 Å². The van der Waals surface area contributed by atoms with Crippen LogP contribution in [0, 0.1) is 5.92 Å². The molecule has 0 bridgehead atoms. The molecule has 1 saturated carbocycles. The summed E-state index contributed by atoms with van der Waals surface area (Å²) in [6.07, 6.45) is 2.84. The summed E-state index contributed by atoms with van der Waals surface area (Å²) in [4.78, 5) is 18.1. The summed E-state index contributed by atoms with van der Waals surface area (Å²) in [5, 5.41) is 6.92. The van der Waals surface area contributed by atoms with Crippen molar-refractivity contribution in [1.82, 2.24) is 15.5 Å². The van der Waals surface area contributed by atoms with E-state index in [1.54, 1.807) is 0 Å². The molecule has 0 radical (unpaired) electrons. The van der Waals surface area contributed by atoms with E-state index in [1.165, 1.54) is 6.42 Å². The summed E-state index contributed by atoms with van der Waals surface area (Å²) in [7, 11) is 0. The van der Waals surface area contributed by atoms with E-state index in [0.29, 0.717) is 18.5 Å². The molecule has 0 spiro atoms. The standard InChI is InChI=1S/C14H26N4O/c1-4-13(19)18-7-6-11(9-18)16-14(15-5-2)17-12-8-10(12)3/h10-12H,4-9H2,1-3H3,(H2,15,16,17). The van der Waals surface area contributed by atoms with E-state index in [1.807, 2.05) is 18.7 Å². The first-order chi connectivity index (χ1) is 9.13. The van der Waals surface area contributed by atoms with Crippen LogP contribution < -0.4 is 10.6 Å². The van der Waals surface area contributed by atoms with E-state index in [2.05, 4.69) is 22.5 Å². The van der Waals surface area contributed by atoms with Crippen LogP contribution in [0.5, 0.6) is 0 Å². The molecular formula is C14H26N4O. The molecule has 5 heteroatoms. The van der Waals surface area contributed by atoms with Crippen molar-refractivity contribution in [2.24, 2.45) is 10.9 Å². The smallest absolute Gasteiger partial charge is 0.222 e. The van der Waals surface area contributed by atoms with Gasteiger partial charge in [0.2, 0.25) is 5.91 Å². The van der Waals surface area contributed by atoms with Crippen LogP contribution in [0.3, 0.4) is 0 Å². The quantitative estimate of drug-likeness (QED) is 0.589. The average Bonchev–Trinajstić information content (AvgIpc) is 2.90. The van der Waals surface area contributed by atoms with Crippen molar-refractivity contribution in [2.45, 2.75) is 52.1 Å². The highest BCUT2D eigenvalue weighted by atomic mass is 16.2. The van der Waals surface area contributed by atoms with Gasteiger partial charge in [0.1, 0.15) is 0 Å². The summed E-state index contributed by atoms with van der Waals surface area (Å²) in [5.41, 5.74) is 0. The Labute approximate surface area is 115 Å². The fourth-order valence-electron chi connectivity index (χ4n) is 2.51. The summed E-state index contributed by atoms with van der Waals surface area (Å²) < 4.78 is 0. The lowest BCUT2D eigenvalue weighted by Crippen LogP contribution is -2.46. The van der Waals surface area contributed by atoms with E-state index >= 15 is 0 Å². The predicted octanol–water partition coefficient (Wildman–Crippen LogP) is 0.961. The number of guanidine groups is 1. The van der Waals surface area contributed by atoms with Crippen LogP contribution in [-0.2, 0) is 4.79 Å². The normalized spacial score (nSPS) is 30.4. The van der Waals surface area contributed by atoms with Gasteiger partial charge in [-0.1, -0.05) is 13.8 Å². The molecule has 2 fully saturated rings. The number of carbonyl (C=O) groups is 1. The topological polar surface area (TPSA) is 56.7 Å². The molecule has 2 aliphatic rings. The first-order valence-corrected chi connectivity index (χ1v) is 7.49. The van der Waals surface area contributed by atoms with Crippen molar-refractivity contribution in [1.29, 1.82) is 0 Å². The molecule has 3 unspecified atom stereocenters. The lowest BCUT2D eigenvalue weighted by atomic mass is 10.3. The van der Waals surface area contributed by atoms with Crippen molar-refractivity contribution in [3.63, 3.8) is 0 Å². The molecule has 19 heavy (non-hydrogen) atoms. The summed E-state index contributed by atoms with van der Waals surface area (Å²) >= 11 is 0. The van der Waals surface area contributed by atoms with Gasteiger partial charge < -0.3 is 15.5 Å². The molecule has 1 amide bonds. The highest BCUT2D eigenvalue weighted by molar-refractivity contribution is 5.81. The number of aliphatic imine (C=N–C) groups is 1. The van der Waals surface area contributed by atoms with Gasteiger partial charge in [-0.05, 0) is 25.7 Å². The Balaban J connectivity index is 1.81. The SMILES string of the molecule is CCN=C(NC1CCN(C(=O)CC)C1)NC1CC1C. The van der Waals surface area contributed by atoms with E-state index in [4.69, 9.17) is 0 Å². The first kappa shape index (κ1) is 14.2. The molecule has 1 aliphatic heterocycles. The van der Waals surface area contributed by atoms with Gasteiger partial charge in [-0.2, -0.15) is 0 Å². The maximum Gasteiger partial charge on any atom is 0.222 e. The van der Waals surface area contributed by atoms with Gasteiger partial charge in [0, 0.05) is 38.1 Å². The lowest BCUT2D eigenvalue weighted by Gasteiger charge is -2.19. The third-order valence-corrected chi connectivity index (χ3v) is 3.93. The number of carbonyl (C=O) groups excluding carboxylic acids is 1. The highest BCUT2D eigenvalue weighted by Gasteiger charge is 2.34. The Morgan fingerprint density at radius 2 is 2.11 bits per heavy atom. The number of likely N-dealkylation sites (tertiary alicyclic amines) is 1.